The fourth-order valence-corrected chi connectivity index (χ4v) is 4.64. The summed E-state index contributed by atoms with van der Waals surface area (Å²) in [6.07, 6.45) is 1.39. The van der Waals surface area contributed by atoms with Crippen LogP contribution in [0.5, 0.6) is 11.5 Å². The lowest BCUT2D eigenvalue weighted by molar-refractivity contribution is -0.0648. The van der Waals surface area contributed by atoms with Crippen LogP contribution in [0, 0.1) is 29.0 Å². The van der Waals surface area contributed by atoms with Crippen molar-refractivity contribution in [3.05, 3.63) is 77.1 Å². The maximum absolute atomic E-state index is 15.4. The molecule has 1 saturated heterocycles. The van der Waals surface area contributed by atoms with Gasteiger partial charge in [0.25, 0.3) is 0 Å². The van der Waals surface area contributed by atoms with Gasteiger partial charge in [0, 0.05) is 28.5 Å². The van der Waals surface area contributed by atoms with Crippen LogP contribution in [0.1, 0.15) is 23.6 Å². The highest BCUT2D eigenvalue weighted by atomic mass is 19.1. The van der Waals surface area contributed by atoms with E-state index in [1.54, 1.807) is 36.4 Å². The molecule has 0 saturated carbocycles. The average Bonchev–Trinajstić information content (AvgIpc) is 2.83. The molecule has 6 nitrogen and oxygen atoms in total. The molecule has 2 aromatic carbocycles. The van der Waals surface area contributed by atoms with Crippen molar-refractivity contribution < 1.29 is 23.0 Å². The second-order valence-corrected chi connectivity index (χ2v) is 9.25. The van der Waals surface area contributed by atoms with Crippen LogP contribution in [0.2, 0.25) is 0 Å². The maximum Gasteiger partial charge on any atom is 0.220 e. The third-order valence-electron chi connectivity index (χ3n) is 6.44. The first-order valence-corrected chi connectivity index (χ1v) is 11.2. The highest BCUT2D eigenvalue weighted by Crippen LogP contribution is 2.52. The van der Waals surface area contributed by atoms with Gasteiger partial charge in [0.1, 0.15) is 23.7 Å². The highest BCUT2D eigenvalue weighted by Gasteiger charge is 2.46. The van der Waals surface area contributed by atoms with E-state index in [4.69, 9.17) is 24.9 Å². The third-order valence-corrected chi connectivity index (χ3v) is 6.44. The molecule has 2 N–H and O–H groups in total. The van der Waals surface area contributed by atoms with E-state index < -0.39 is 17.3 Å². The number of aliphatic imine (C=N–C) groups is 1. The standard InChI is InChI=1S/C27H21F2N3O3/c1-26(13-34-14-26)7-6-16-9-20-24(21(28)10-16)35-22-5-4-17(18-3-2-8-31-25(18)29)11-19(22)27(20)15-33-12-23(30)32-27/h2-5,8-11H,12-15H2,1H3,(H2,30,32). The summed E-state index contributed by atoms with van der Waals surface area (Å²) in [6, 6.07) is 11.6. The molecule has 3 aliphatic rings. The van der Waals surface area contributed by atoms with Gasteiger partial charge in [-0.05, 0) is 48.9 Å². The van der Waals surface area contributed by atoms with Crippen LogP contribution in [-0.4, -0.2) is 37.2 Å². The van der Waals surface area contributed by atoms with Crippen LogP contribution in [-0.2, 0) is 15.0 Å². The first kappa shape index (κ1) is 21.7. The summed E-state index contributed by atoms with van der Waals surface area (Å²) in [5.41, 5.74) is 7.12. The molecule has 4 heterocycles. The van der Waals surface area contributed by atoms with Crippen molar-refractivity contribution in [3.63, 3.8) is 0 Å². The first-order valence-electron chi connectivity index (χ1n) is 11.2. The topological polar surface area (TPSA) is 79.0 Å². The Bertz CT molecular complexity index is 1460. The van der Waals surface area contributed by atoms with Crippen molar-refractivity contribution in [1.29, 1.82) is 0 Å². The van der Waals surface area contributed by atoms with Crippen LogP contribution in [0.15, 0.2) is 53.7 Å². The summed E-state index contributed by atoms with van der Waals surface area (Å²) in [6.45, 7) is 3.34. The fraction of sp³-hybridized carbons (Fsp3) is 0.259. The van der Waals surface area contributed by atoms with Gasteiger partial charge in [-0.15, -0.1) is 0 Å². The van der Waals surface area contributed by atoms with Gasteiger partial charge >= 0.3 is 0 Å². The highest BCUT2D eigenvalue weighted by molar-refractivity contribution is 5.84. The summed E-state index contributed by atoms with van der Waals surface area (Å²) < 4.78 is 46.9. The minimum Gasteiger partial charge on any atom is -0.453 e. The second-order valence-electron chi connectivity index (χ2n) is 9.25. The van der Waals surface area contributed by atoms with Crippen LogP contribution >= 0.6 is 0 Å². The van der Waals surface area contributed by atoms with Gasteiger partial charge in [0.05, 0.1) is 25.2 Å². The van der Waals surface area contributed by atoms with Crippen molar-refractivity contribution in [2.24, 2.45) is 16.1 Å². The molecular weight excluding hydrogens is 452 g/mol. The number of aromatic nitrogens is 1. The van der Waals surface area contributed by atoms with Crippen LogP contribution in [0.3, 0.4) is 0 Å². The van der Waals surface area contributed by atoms with E-state index in [1.165, 1.54) is 12.3 Å². The van der Waals surface area contributed by atoms with Crippen molar-refractivity contribution in [2.75, 3.05) is 26.4 Å². The van der Waals surface area contributed by atoms with Crippen LogP contribution < -0.4 is 10.5 Å². The van der Waals surface area contributed by atoms with Gasteiger partial charge in [-0.2, -0.15) is 4.39 Å². The lowest BCUT2D eigenvalue weighted by Gasteiger charge is -2.39. The van der Waals surface area contributed by atoms with Crippen molar-refractivity contribution in [2.45, 2.75) is 12.5 Å². The SMILES string of the molecule is CC1(C#Cc2cc(F)c3c(c2)C2(COCC(N)=N2)c2cc(-c4cccnc4F)ccc2O3)COC1. The Kier molecular flexibility index (Phi) is 4.88. The molecule has 1 aromatic heterocycles. The molecule has 176 valence electrons. The third kappa shape index (κ3) is 3.55. The number of ether oxygens (including phenoxy) is 3. The Morgan fingerprint density at radius 2 is 1.89 bits per heavy atom. The van der Waals surface area contributed by atoms with Crippen LogP contribution in [0.4, 0.5) is 8.78 Å². The monoisotopic (exact) mass is 473 g/mol. The smallest absolute Gasteiger partial charge is 0.220 e. The minimum absolute atomic E-state index is 0.0450. The summed E-state index contributed by atoms with van der Waals surface area (Å²) in [7, 11) is 0. The number of nitrogens with two attached hydrogens (primary N) is 1. The van der Waals surface area contributed by atoms with Gasteiger partial charge in [0.2, 0.25) is 5.95 Å². The van der Waals surface area contributed by atoms with Gasteiger partial charge in [-0.25, -0.2) is 9.37 Å². The number of rotatable bonds is 1. The first-order chi connectivity index (χ1) is 16.9. The number of hydrogen-bond donors (Lipinski definition) is 1. The van der Waals surface area contributed by atoms with E-state index in [2.05, 4.69) is 16.8 Å². The molecule has 6 rings (SSSR count). The lowest BCUT2D eigenvalue weighted by atomic mass is 9.79. The number of pyridine rings is 1. The molecule has 1 fully saturated rings. The zero-order chi connectivity index (χ0) is 24.2. The van der Waals surface area contributed by atoms with Gasteiger partial charge in [-0.1, -0.05) is 17.9 Å². The number of fused-ring (bicyclic) bond motifs is 4. The average molecular weight is 473 g/mol. The molecule has 0 amide bonds. The number of amidine groups is 1. The maximum atomic E-state index is 15.4. The Morgan fingerprint density at radius 3 is 2.63 bits per heavy atom. The molecule has 3 aromatic rings. The predicted molar refractivity (Wildman–Crippen MR) is 125 cm³/mol. The van der Waals surface area contributed by atoms with Crippen molar-refractivity contribution in [3.8, 4) is 34.5 Å². The summed E-state index contributed by atoms with van der Waals surface area (Å²) >= 11 is 0. The largest absolute Gasteiger partial charge is 0.453 e. The molecule has 0 radical (unpaired) electrons. The predicted octanol–water partition coefficient (Wildman–Crippen LogP) is 4.15. The Hall–Kier alpha value is -3.80. The number of nitrogens with zero attached hydrogens (tertiary/aromatic N) is 2. The normalized spacial score (nSPS) is 21.5. The number of hydrogen-bond acceptors (Lipinski definition) is 6. The van der Waals surface area contributed by atoms with E-state index in [0.717, 1.165) is 0 Å². The quantitative estimate of drug-likeness (QED) is 0.424. The molecule has 0 aliphatic carbocycles. The molecular formula is C27H21F2N3O3. The summed E-state index contributed by atoms with van der Waals surface area (Å²) in [5, 5.41) is 0. The van der Waals surface area contributed by atoms with Crippen LogP contribution in [0.25, 0.3) is 11.1 Å². The Morgan fingerprint density at radius 1 is 1.03 bits per heavy atom. The van der Waals surface area contributed by atoms with Gasteiger partial charge in [-0.3, -0.25) is 4.99 Å². The van der Waals surface area contributed by atoms with E-state index in [0.29, 0.717) is 46.8 Å². The van der Waals surface area contributed by atoms with Crippen molar-refractivity contribution >= 4 is 5.84 Å². The van der Waals surface area contributed by atoms with Gasteiger partial charge < -0.3 is 19.9 Å². The zero-order valence-corrected chi connectivity index (χ0v) is 18.9. The number of halogens is 2. The van der Waals surface area contributed by atoms with E-state index in [9.17, 15) is 4.39 Å². The molecule has 0 bridgehead atoms. The lowest BCUT2D eigenvalue weighted by Crippen LogP contribution is -2.42. The van der Waals surface area contributed by atoms with E-state index in [-0.39, 0.29) is 30.2 Å². The molecule has 3 aliphatic heterocycles. The minimum atomic E-state index is -1.18. The second kappa shape index (κ2) is 7.87. The van der Waals surface area contributed by atoms with E-state index in [1.807, 2.05) is 6.92 Å². The summed E-state index contributed by atoms with van der Waals surface area (Å²) in [4.78, 5) is 8.53. The Labute approximate surface area is 200 Å². The zero-order valence-electron chi connectivity index (χ0n) is 18.9. The fourth-order valence-electron chi connectivity index (χ4n) is 4.64. The van der Waals surface area contributed by atoms with Crippen molar-refractivity contribution in [1.82, 2.24) is 4.98 Å². The number of benzene rings is 2. The molecule has 8 heteroatoms. The van der Waals surface area contributed by atoms with E-state index >= 15 is 4.39 Å². The summed E-state index contributed by atoms with van der Waals surface area (Å²) in [5.74, 6) is 5.80. The molecule has 1 spiro atoms. The molecule has 1 unspecified atom stereocenters. The molecule has 35 heavy (non-hydrogen) atoms. The van der Waals surface area contributed by atoms with Gasteiger partial charge in [0.15, 0.2) is 11.6 Å². The molecule has 1 atom stereocenters. The Balaban J connectivity index is 1.55.